The summed E-state index contributed by atoms with van der Waals surface area (Å²) in [6.07, 6.45) is 5.77. The summed E-state index contributed by atoms with van der Waals surface area (Å²) in [6, 6.07) is 0. The number of hydrogen-bond donors (Lipinski definition) is 0. The number of aldehydes is 1. The molecule has 0 aliphatic heterocycles. The molecule has 1 aromatic heterocycles. The lowest BCUT2D eigenvalue weighted by atomic mass is 9.88. The highest BCUT2D eigenvalue weighted by molar-refractivity contribution is 5.66. The molecule has 2 saturated carbocycles. The monoisotopic (exact) mass is 192 g/mol. The van der Waals surface area contributed by atoms with Gasteiger partial charge in [-0.3, -0.25) is 4.79 Å². The Morgan fingerprint density at radius 1 is 1.36 bits per heavy atom. The largest absolute Gasteiger partial charge is 0.331 e. The van der Waals surface area contributed by atoms with E-state index in [0.29, 0.717) is 12.2 Å². The predicted octanol–water partition coefficient (Wildman–Crippen LogP) is 1.79. The van der Waals surface area contributed by atoms with Gasteiger partial charge in [-0.05, 0) is 31.1 Å². The Bertz CT molecular complexity index is 361. The Morgan fingerprint density at radius 3 is 2.86 bits per heavy atom. The lowest BCUT2D eigenvalue weighted by molar-refractivity contribution is 0.108. The van der Waals surface area contributed by atoms with Crippen molar-refractivity contribution in [2.24, 2.45) is 11.8 Å². The van der Waals surface area contributed by atoms with E-state index in [9.17, 15) is 4.79 Å². The molecule has 0 saturated heterocycles. The number of rotatable bonds is 2. The molecule has 4 nitrogen and oxygen atoms in total. The molecule has 3 rings (SSSR count). The van der Waals surface area contributed by atoms with Gasteiger partial charge in [0.15, 0.2) is 5.82 Å². The highest BCUT2D eigenvalue weighted by Crippen LogP contribution is 2.52. The average Bonchev–Trinajstić information content (AvgIpc) is 2.93. The van der Waals surface area contributed by atoms with Crippen molar-refractivity contribution in [2.75, 3.05) is 0 Å². The predicted molar refractivity (Wildman–Crippen MR) is 47.9 cm³/mol. The molecule has 4 heteroatoms. The molecule has 14 heavy (non-hydrogen) atoms. The zero-order valence-corrected chi connectivity index (χ0v) is 7.85. The van der Waals surface area contributed by atoms with Crippen molar-refractivity contribution < 1.29 is 9.32 Å². The van der Waals surface area contributed by atoms with E-state index in [2.05, 4.69) is 10.1 Å². The molecular weight excluding hydrogens is 180 g/mol. The first kappa shape index (κ1) is 8.15. The normalized spacial score (nSPS) is 35.0. The third-order valence-corrected chi connectivity index (χ3v) is 3.63. The third kappa shape index (κ3) is 1.10. The van der Waals surface area contributed by atoms with Gasteiger partial charge < -0.3 is 4.52 Å². The van der Waals surface area contributed by atoms with Crippen molar-refractivity contribution in [3.05, 3.63) is 11.7 Å². The quantitative estimate of drug-likeness (QED) is 0.670. The van der Waals surface area contributed by atoms with Crippen molar-refractivity contribution in [1.29, 1.82) is 0 Å². The van der Waals surface area contributed by atoms with Gasteiger partial charge in [0.25, 0.3) is 5.89 Å². The van der Waals surface area contributed by atoms with Crippen LogP contribution in [0.1, 0.15) is 48.1 Å². The minimum atomic E-state index is 0.114. The summed E-state index contributed by atoms with van der Waals surface area (Å²) in [5.41, 5.74) is 0. The molecule has 1 heterocycles. The fourth-order valence-corrected chi connectivity index (χ4v) is 3.01. The van der Waals surface area contributed by atoms with E-state index in [-0.39, 0.29) is 5.89 Å². The molecule has 2 fully saturated rings. The topological polar surface area (TPSA) is 56.0 Å². The Hall–Kier alpha value is -1.19. The van der Waals surface area contributed by atoms with Crippen LogP contribution < -0.4 is 0 Å². The summed E-state index contributed by atoms with van der Waals surface area (Å²) >= 11 is 0. The maximum absolute atomic E-state index is 10.4. The van der Waals surface area contributed by atoms with Gasteiger partial charge in [0.1, 0.15) is 0 Å². The second-order valence-electron chi connectivity index (χ2n) is 4.39. The number of hydrogen-bond acceptors (Lipinski definition) is 4. The molecule has 3 unspecified atom stereocenters. The third-order valence-electron chi connectivity index (χ3n) is 3.63. The van der Waals surface area contributed by atoms with Crippen LogP contribution in [0, 0.1) is 11.8 Å². The van der Waals surface area contributed by atoms with Gasteiger partial charge in [-0.25, -0.2) is 0 Å². The van der Waals surface area contributed by atoms with E-state index in [1.54, 1.807) is 0 Å². The Kier molecular flexibility index (Phi) is 1.69. The van der Waals surface area contributed by atoms with E-state index in [4.69, 9.17) is 4.52 Å². The second kappa shape index (κ2) is 2.90. The van der Waals surface area contributed by atoms with Crippen molar-refractivity contribution in [2.45, 2.75) is 31.6 Å². The van der Waals surface area contributed by atoms with Gasteiger partial charge in [0.2, 0.25) is 6.29 Å². The summed E-state index contributed by atoms with van der Waals surface area (Å²) in [4.78, 5) is 14.5. The summed E-state index contributed by atoms with van der Waals surface area (Å²) < 4.78 is 4.80. The van der Waals surface area contributed by atoms with Crippen LogP contribution in [0.2, 0.25) is 0 Å². The molecule has 0 spiro atoms. The maximum atomic E-state index is 10.4. The molecule has 2 bridgehead atoms. The average molecular weight is 192 g/mol. The summed E-state index contributed by atoms with van der Waals surface area (Å²) in [6.45, 7) is 0. The first-order valence-electron chi connectivity index (χ1n) is 5.15. The maximum Gasteiger partial charge on any atom is 0.290 e. The summed E-state index contributed by atoms with van der Waals surface area (Å²) in [5, 5.41) is 3.87. The van der Waals surface area contributed by atoms with Crippen LogP contribution >= 0.6 is 0 Å². The zero-order valence-electron chi connectivity index (χ0n) is 7.85. The van der Waals surface area contributed by atoms with Crippen LogP contribution in [0.25, 0.3) is 0 Å². The fourth-order valence-electron chi connectivity index (χ4n) is 3.01. The Balaban J connectivity index is 1.85. The Morgan fingerprint density at radius 2 is 2.29 bits per heavy atom. The lowest BCUT2D eigenvalue weighted by Gasteiger charge is -2.17. The molecule has 0 aromatic carbocycles. The van der Waals surface area contributed by atoms with Gasteiger partial charge in [0, 0.05) is 5.92 Å². The Labute approximate surface area is 81.7 Å². The molecule has 0 radical (unpaired) electrons. The fraction of sp³-hybridized carbons (Fsp3) is 0.700. The first-order chi connectivity index (χ1) is 6.86. The minimum Gasteiger partial charge on any atom is -0.331 e. The highest BCUT2D eigenvalue weighted by Gasteiger charge is 2.42. The molecule has 74 valence electrons. The van der Waals surface area contributed by atoms with Crippen LogP contribution in [0.15, 0.2) is 4.52 Å². The van der Waals surface area contributed by atoms with Crippen molar-refractivity contribution in [3.8, 4) is 0 Å². The molecule has 2 aliphatic rings. The smallest absolute Gasteiger partial charge is 0.290 e. The number of fused-ring (bicyclic) bond motifs is 2. The van der Waals surface area contributed by atoms with Gasteiger partial charge >= 0.3 is 0 Å². The molecule has 0 N–H and O–H groups in total. The molecule has 3 atom stereocenters. The SMILES string of the molecule is O=Cc1nc(C2CC3CCC2C3)no1. The number of carbonyl (C=O) groups excluding carboxylic acids is 1. The van der Waals surface area contributed by atoms with Gasteiger partial charge in [-0.2, -0.15) is 4.98 Å². The van der Waals surface area contributed by atoms with E-state index in [1.165, 1.54) is 25.7 Å². The standard InChI is InChI=1S/C10H12N2O2/c13-5-9-11-10(12-14-9)8-4-6-1-2-7(8)3-6/h5-8H,1-4H2. The van der Waals surface area contributed by atoms with Gasteiger partial charge in [0.05, 0.1) is 0 Å². The van der Waals surface area contributed by atoms with Crippen LogP contribution in [0.5, 0.6) is 0 Å². The number of aromatic nitrogens is 2. The van der Waals surface area contributed by atoms with Crippen LogP contribution in [-0.2, 0) is 0 Å². The van der Waals surface area contributed by atoms with Crippen molar-refractivity contribution in [1.82, 2.24) is 10.1 Å². The van der Waals surface area contributed by atoms with Crippen LogP contribution in [0.4, 0.5) is 0 Å². The van der Waals surface area contributed by atoms with Crippen molar-refractivity contribution >= 4 is 6.29 Å². The number of carbonyl (C=O) groups is 1. The number of nitrogens with zero attached hydrogens (tertiary/aromatic N) is 2. The summed E-state index contributed by atoms with van der Waals surface area (Å²) in [5.74, 6) is 2.91. The zero-order chi connectivity index (χ0) is 9.54. The lowest BCUT2D eigenvalue weighted by Crippen LogP contribution is -2.10. The van der Waals surface area contributed by atoms with E-state index >= 15 is 0 Å². The molecule has 1 aromatic rings. The van der Waals surface area contributed by atoms with Gasteiger partial charge in [-0.1, -0.05) is 11.6 Å². The summed E-state index contributed by atoms with van der Waals surface area (Å²) in [7, 11) is 0. The van der Waals surface area contributed by atoms with E-state index < -0.39 is 0 Å². The minimum absolute atomic E-state index is 0.114. The van der Waals surface area contributed by atoms with Gasteiger partial charge in [-0.15, -0.1) is 0 Å². The molecule has 2 aliphatic carbocycles. The van der Waals surface area contributed by atoms with E-state index in [1.807, 2.05) is 0 Å². The highest BCUT2D eigenvalue weighted by atomic mass is 16.5. The first-order valence-corrected chi connectivity index (χ1v) is 5.15. The van der Waals surface area contributed by atoms with Crippen molar-refractivity contribution in [3.63, 3.8) is 0 Å². The van der Waals surface area contributed by atoms with Crippen LogP contribution in [-0.4, -0.2) is 16.4 Å². The van der Waals surface area contributed by atoms with Crippen LogP contribution in [0.3, 0.4) is 0 Å². The van der Waals surface area contributed by atoms with E-state index in [0.717, 1.165) is 17.7 Å². The molecular formula is C10H12N2O2. The second-order valence-corrected chi connectivity index (χ2v) is 4.39. The molecule has 0 amide bonds.